The van der Waals surface area contributed by atoms with Gasteiger partial charge in [-0.2, -0.15) is 0 Å². The molecule has 8 nitrogen and oxygen atoms in total. The highest BCUT2D eigenvalue weighted by Crippen LogP contribution is 2.38. The molecule has 0 aliphatic carbocycles. The van der Waals surface area contributed by atoms with Crippen LogP contribution in [-0.2, 0) is 0 Å². The Kier molecular flexibility index (Phi) is 9.68. The maximum atomic E-state index is 5.19. The van der Waals surface area contributed by atoms with Crippen molar-refractivity contribution in [1.29, 1.82) is 0 Å². The molecule has 0 spiro atoms. The quantitative estimate of drug-likeness (QED) is 0.143. The Morgan fingerprint density at radius 1 is 0.254 bits per heavy atom. The predicted octanol–water partition coefficient (Wildman–Crippen LogP) is 12.7. The van der Waals surface area contributed by atoms with Crippen LogP contribution in [0.2, 0.25) is 0 Å². The second-order valence-corrected chi connectivity index (χ2v) is 15.0. The Bertz CT molecular complexity index is 3110. The number of fused-ring (bicyclic) bond motifs is 1. The summed E-state index contributed by atoms with van der Waals surface area (Å²) in [6, 6.07) is 73.5. The lowest BCUT2D eigenvalue weighted by Gasteiger charge is -2.17. The molecule has 0 fully saturated rings. The van der Waals surface area contributed by atoms with Gasteiger partial charge in [0.15, 0.2) is 34.9 Å². The number of aromatic nitrogens is 8. The standard InChI is InChI=1S/C55H36N8/c1-6-20-37(21-7-1)49-57-50(38-22-8-2-9-23-38)60-53(59-49)43-34-42(35-44(36-43)54-61-51(39-24-10-3-11-25-39)58-52(62-54)40-26-12-4-13-27-40)45-30-16-18-32-47(45)63-48-33-19-17-31-46(48)56-55(63)41-28-14-5-15-29-41/h1-36H. The van der Waals surface area contributed by atoms with Gasteiger partial charge in [0.05, 0.1) is 16.7 Å². The topological polar surface area (TPSA) is 95.2 Å². The number of benzene rings is 8. The van der Waals surface area contributed by atoms with Crippen molar-refractivity contribution in [3.63, 3.8) is 0 Å². The second kappa shape index (κ2) is 16.4. The molecule has 8 heteroatoms. The van der Waals surface area contributed by atoms with Gasteiger partial charge in [-0.1, -0.05) is 182 Å². The fourth-order valence-corrected chi connectivity index (χ4v) is 7.88. The van der Waals surface area contributed by atoms with E-state index in [1.807, 2.05) is 146 Å². The highest BCUT2D eigenvalue weighted by molar-refractivity contribution is 5.88. The molecule has 0 bridgehead atoms. The lowest BCUT2D eigenvalue weighted by Crippen LogP contribution is -2.03. The van der Waals surface area contributed by atoms with Gasteiger partial charge < -0.3 is 0 Å². The molecular formula is C55H36N8. The first-order chi connectivity index (χ1) is 31.2. The Morgan fingerprint density at radius 2 is 0.587 bits per heavy atom. The summed E-state index contributed by atoms with van der Waals surface area (Å²) < 4.78 is 2.25. The van der Waals surface area contributed by atoms with Gasteiger partial charge >= 0.3 is 0 Å². The van der Waals surface area contributed by atoms with Crippen molar-refractivity contribution >= 4 is 11.0 Å². The monoisotopic (exact) mass is 808 g/mol. The van der Waals surface area contributed by atoms with Crippen molar-refractivity contribution in [3.05, 3.63) is 218 Å². The third-order valence-corrected chi connectivity index (χ3v) is 10.9. The van der Waals surface area contributed by atoms with E-state index >= 15 is 0 Å². The van der Waals surface area contributed by atoms with E-state index in [2.05, 4.69) is 77.4 Å². The molecule has 0 radical (unpaired) electrons. The summed E-state index contributed by atoms with van der Waals surface area (Å²) >= 11 is 0. The zero-order chi connectivity index (χ0) is 42.0. The van der Waals surface area contributed by atoms with Gasteiger partial charge in [0.2, 0.25) is 0 Å². The van der Waals surface area contributed by atoms with Gasteiger partial charge in [-0.15, -0.1) is 0 Å². The Morgan fingerprint density at radius 3 is 1.03 bits per heavy atom. The van der Waals surface area contributed by atoms with Crippen LogP contribution in [0, 0.1) is 0 Å². The molecule has 63 heavy (non-hydrogen) atoms. The number of para-hydroxylation sites is 3. The molecule has 3 heterocycles. The zero-order valence-electron chi connectivity index (χ0n) is 33.9. The van der Waals surface area contributed by atoms with Crippen molar-refractivity contribution in [2.75, 3.05) is 0 Å². The smallest absolute Gasteiger partial charge is 0.164 e. The zero-order valence-corrected chi connectivity index (χ0v) is 33.9. The van der Waals surface area contributed by atoms with E-state index in [1.54, 1.807) is 0 Å². The summed E-state index contributed by atoms with van der Waals surface area (Å²) in [5.74, 6) is 4.16. The SMILES string of the molecule is c1ccc(-c2nc(-c3ccccc3)nc(-c3cc(-c4nc(-c5ccccc5)nc(-c5ccccc5)n4)cc(-c4ccccc4-n4c(-c5ccccc5)nc5ccccc54)c3)n2)cc1. The van der Waals surface area contributed by atoms with Crippen LogP contribution in [0.25, 0.3) is 108 Å². The van der Waals surface area contributed by atoms with E-state index in [9.17, 15) is 0 Å². The molecule has 0 unspecified atom stereocenters. The molecule has 0 saturated carbocycles. The molecule has 3 aromatic heterocycles. The number of nitrogens with zero attached hydrogens (tertiary/aromatic N) is 8. The third kappa shape index (κ3) is 7.42. The van der Waals surface area contributed by atoms with Gasteiger partial charge in [0.1, 0.15) is 5.82 Å². The van der Waals surface area contributed by atoms with E-state index in [0.29, 0.717) is 34.9 Å². The van der Waals surface area contributed by atoms with Crippen molar-refractivity contribution < 1.29 is 0 Å². The molecule has 0 aliphatic rings. The minimum Gasteiger partial charge on any atom is -0.292 e. The molecule has 296 valence electrons. The summed E-state index contributed by atoms with van der Waals surface area (Å²) in [6.45, 7) is 0. The molecule has 0 atom stereocenters. The molecule has 11 aromatic rings. The predicted molar refractivity (Wildman–Crippen MR) is 251 cm³/mol. The lowest BCUT2D eigenvalue weighted by molar-refractivity contribution is 1.07. The number of rotatable bonds is 9. The van der Waals surface area contributed by atoms with E-state index in [4.69, 9.17) is 34.9 Å². The highest BCUT2D eigenvalue weighted by Gasteiger charge is 2.21. The maximum Gasteiger partial charge on any atom is 0.164 e. The average molecular weight is 809 g/mol. The number of imidazole rings is 1. The van der Waals surface area contributed by atoms with Crippen LogP contribution in [0.4, 0.5) is 0 Å². The van der Waals surface area contributed by atoms with E-state index < -0.39 is 0 Å². The molecule has 0 N–H and O–H groups in total. The third-order valence-electron chi connectivity index (χ3n) is 10.9. The fraction of sp³-hybridized carbons (Fsp3) is 0. The lowest BCUT2D eigenvalue weighted by atomic mass is 9.97. The molecule has 0 saturated heterocycles. The van der Waals surface area contributed by atoms with Gasteiger partial charge in [0, 0.05) is 44.5 Å². The van der Waals surface area contributed by atoms with Crippen LogP contribution in [0.1, 0.15) is 0 Å². The van der Waals surface area contributed by atoms with Crippen LogP contribution in [0.3, 0.4) is 0 Å². The average Bonchev–Trinajstić information content (AvgIpc) is 3.77. The Labute approximate surface area is 364 Å². The molecule has 0 amide bonds. The first kappa shape index (κ1) is 37.3. The minimum absolute atomic E-state index is 0.516. The number of hydrogen-bond donors (Lipinski definition) is 0. The summed E-state index contributed by atoms with van der Waals surface area (Å²) in [4.78, 5) is 35.9. The van der Waals surface area contributed by atoms with E-state index in [1.165, 1.54) is 0 Å². The van der Waals surface area contributed by atoms with Gasteiger partial charge in [-0.05, 0) is 42.0 Å². The van der Waals surface area contributed by atoms with Crippen molar-refractivity contribution in [3.8, 4) is 96.5 Å². The summed E-state index contributed by atoms with van der Waals surface area (Å²) in [6.07, 6.45) is 0. The van der Waals surface area contributed by atoms with E-state index in [0.717, 1.165) is 72.6 Å². The first-order valence-electron chi connectivity index (χ1n) is 20.7. The van der Waals surface area contributed by atoms with Crippen molar-refractivity contribution in [2.24, 2.45) is 0 Å². The minimum atomic E-state index is 0.516. The highest BCUT2D eigenvalue weighted by atomic mass is 15.1. The first-order valence-corrected chi connectivity index (χ1v) is 20.7. The summed E-state index contributed by atoms with van der Waals surface area (Å²) in [5, 5.41) is 0. The van der Waals surface area contributed by atoms with Crippen LogP contribution < -0.4 is 0 Å². The second-order valence-electron chi connectivity index (χ2n) is 15.0. The van der Waals surface area contributed by atoms with Crippen LogP contribution in [0.5, 0.6) is 0 Å². The largest absolute Gasteiger partial charge is 0.292 e. The van der Waals surface area contributed by atoms with Crippen molar-refractivity contribution in [2.45, 2.75) is 0 Å². The normalized spacial score (nSPS) is 11.2. The molecular weight excluding hydrogens is 773 g/mol. The van der Waals surface area contributed by atoms with Crippen LogP contribution in [-0.4, -0.2) is 39.5 Å². The van der Waals surface area contributed by atoms with Crippen LogP contribution in [0.15, 0.2) is 218 Å². The summed E-state index contributed by atoms with van der Waals surface area (Å²) in [5.41, 5.74) is 10.9. The van der Waals surface area contributed by atoms with Gasteiger partial charge in [-0.3, -0.25) is 4.57 Å². The maximum absolute atomic E-state index is 5.19. The molecule has 11 rings (SSSR count). The molecule has 0 aliphatic heterocycles. The van der Waals surface area contributed by atoms with E-state index in [-0.39, 0.29) is 0 Å². The Hall–Kier alpha value is -8.75. The number of hydrogen-bond acceptors (Lipinski definition) is 7. The fourth-order valence-electron chi connectivity index (χ4n) is 7.88. The van der Waals surface area contributed by atoms with Crippen LogP contribution >= 0.6 is 0 Å². The van der Waals surface area contributed by atoms with Gasteiger partial charge in [-0.25, -0.2) is 34.9 Å². The Balaban J connectivity index is 1.19. The molecule has 8 aromatic carbocycles. The van der Waals surface area contributed by atoms with Crippen molar-refractivity contribution in [1.82, 2.24) is 39.5 Å². The summed E-state index contributed by atoms with van der Waals surface area (Å²) in [7, 11) is 0. The van der Waals surface area contributed by atoms with Gasteiger partial charge in [0.25, 0.3) is 0 Å².